The Hall–Kier alpha value is -3.64. The summed E-state index contributed by atoms with van der Waals surface area (Å²) in [5, 5.41) is 4.84. The van der Waals surface area contributed by atoms with Crippen LogP contribution in [0.15, 0.2) is 90.2 Å². The zero-order chi connectivity index (χ0) is 20.3. The minimum Gasteiger partial charge on any atom is -0.333 e. The fourth-order valence-corrected chi connectivity index (χ4v) is 4.25. The van der Waals surface area contributed by atoms with Gasteiger partial charge in [-0.25, -0.2) is 4.98 Å². The van der Waals surface area contributed by atoms with Crippen LogP contribution in [0.1, 0.15) is 15.9 Å². The van der Waals surface area contributed by atoms with E-state index in [1.165, 1.54) is 0 Å². The molecule has 1 amide bonds. The topological polar surface area (TPSA) is 70.7 Å². The number of H-pyrrole nitrogens is 1. The molecule has 0 unspecified atom stereocenters. The Bertz CT molecular complexity index is 1330. The Balaban J connectivity index is 1.34. The molecule has 5 rings (SSSR count). The summed E-state index contributed by atoms with van der Waals surface area (Å²) in [5.74, 6) is 0.518. The van der Waals surface area contributed by atoms with Crippen LogP contribution in [0.2, 0.25) is 0 Å². The zero-order valence-corrected chi connectivity index (χ0v) is 16.8. The van der Waals surface area contributed by atoms with Crippen molar-refractivity contribution >= 4 is 45.3 Å². The zero-order valence-electron chi connectivity index (χ0n) is 16.0. The van der Waals surface area contributed by atoms with Crippen molar-refractivity contribution in [2.45, 2.75) is 10.9 Å². The second-order valence-electron chi connectivity index (χ2n) is 6.87. The molecule has 30 heavy (non-hydrogen) atoms. The van der Waals surface area contributed by atoms with Crippen LogP contribution >= 0.6 is 11.8 Å². The lowest BCUT2D eigenvalue weighted by molar-refractivity contribution is 0.102. The highest BCUT2D eigenvalue weighted by atomic mass is 32.2. The lowest BCUT2D eigenvalue weighted by Crippen LogP contribution is -2.14. The average molecular weight is 411 g/mol. The molecule has 0 radical (unpaired) electrons. The molecule has 0 bridgehead atoms. The third kappa shape index (κ3) is 3.77. The molecule has 0 fully saturated rings. The van der Waals surface area contributed by atoms with Gasteiger partial charge in [-0.2, -0.15) is 0 Å². The monoisotopic (exact) mass is 410 g/mol. The Labute approximate surface area is 177 Å². The van der Waals surface area contributed by atoms with Crippen LogP contribution in [0.5, 0.6) is 0 Å². The minimum absolute atomic E-state index is 0.126. The van der Waals surface area contributed by atoms with Crippen LogP contribution in [0.25, 0.3) is 21.9 Å². The summed E-state index contributed by atoms with van der Waals surface area (Å²) in [6.07, 6.45) is 1.76. The average Bonchev–Trinajstić information content (AvgIpc) is 3.21. The van der Waals surface area contributed by atoms with Gasteiger partial charge in [-0.3, -0.25) is 9.78 Å². The molecule has 0 atom stereocenters. The molecule has 2 aromatic heterocycles. The van der Waals surface area contributed by atoms with Crippen LogP contribution in [0, 0.1) is 0 Å². The molecule has 146 valence electrons. The SMILES string of the molecule is O=C(Nc1ccc2ncccc2c1)c1ccccc1CSc1nc2ccccc2[nH]1. The van der Waals surface area contributed by atoms with E-state index < -0.39 is 0 Å². The fraction of sp³-hybridized carbons (Fsp3) is 0.0417. The van der Waals surface area contributed by atoms with E-state index in [9.17, 15) is 4.79 Å². The Morgan fingerprint density at radius 1 is 0.933 bits per heavy atom. The van der Waals surface area contributed by atoms with Gasteiger partial charge < -0.3 is 10.3 Å². The molecule has 0 aliphatic heterocycles. The molecule has 5 aromatic rings. The quantitative estimate of drug-likeness (QED) is 0.367. The van der Waals surface area contributed by atoms with Gasteiger partial charge in [-0.05, 0) is 48.0 Å². The lowest BCUT2D eigenvalue weighted by atomic mass is 10.1. The summed E-state index contributed by atoms with van der Waals surface area (Å²) in [6.45, 7) is 0. The van der Waals surface area contributed by atoms with Crippen molar-refractivity contribution in [1.29, 1.82) is 0 Å². The van der Waals surface area contributed by atoms with Crippen LogP contribution < -0.4 is 5.32 Å². The highest BCUT2D eigenvalue weighted by Crippen LogP contribution is 2.25. The van der Waals surface area contributed by atoms with Crippen LogP contribution in [0.4, 0.5) is 5.69 Å². The second kappa shape index (κ2) is 8.00. The summed E-state index contributed by atoms with van der Waals surface area (Å²) in [4.78, 5) is 25.2. The van der Waals surface area contributed by atoms with Crippen LogP contribution in [-0.4, -0.2) is 20.9 Å². The molecule has 2 N–H and O–H groups in total. The molecular formula is C24H18N4OS. The number of anilines is 1. The third-order valence-electron chi connectivity index (χ3n) is 4.85. The van der Waals surface area contributed by atoms with Crippen molar-refractivity contribution < 1.29 is 4.79 Å². The number of aromatic amines is 1. The first-order valence-electron chi connectivity index (χ1n) is 9.58. The molecule has 0 spiro atoms. The minimum atomic E-state index is -0.126. The van der Waals surface area contributed by atoms with E-state index in [0.29, 0.717) is 11.3 Å². The lowest BCUT2D eigenvalue weighted by Gasteiger charge is -2.10. The van der Waals surface area contributed by atoms with E-state index in [1.54, 1.807) is 18.0 Å². The number of hydrogen-bond acceptors (Lipinski definition) is 4. The number of nitrogens with zero attached hydrogens (tertiary/aromatic N) is 2. The number of pyridine rings is 1. The molecule has 2 heterocycles. The van der Waals surface area contributed by atoms with E-state index >= 15 is 0 Å². The van der Waals surface area contributed by atoms with E-state index in [1.807, 2.05) is 78.9 Å². The molecule has 0 saturated carbocycles. The van der Waals surface area contributed by atoms with Crippen molar-refractivity contribution in [3.63, 3.8) is 0 Å². The number of nitrogens with one attached hydrogen (secondary N) is 2. The van der Waals surface area contributed by atoms with Gasteiger partial charge in [-0.15, -0.1) is 0 Å². The van der Waals surface area contributed by atoms with Gasteiger partial charge in [-0.1, -0.05) is 48.2 Å². The normalized spacial score (nSPS) is 11.1. The predicted octanol–water partition coefficient (Wildman–Crippen LogP) is 5.66. The number of imidazole rings is 1. The highest BCUT2D eigenvalue weighted by Gasteiger charge is 2.13. The van der Waals surface area contributed by atoms with Gasteiger partial charge in [0.2, 0.25) is 0 Å². The molecule has 0 aliphatic carbocycles. The van der Waals surface area contributed by atoms with Crippen molar-refractivity contribution in [3.8, 4) is 0 Å². The first-order valence-corrected chi connectivity index (χ1v) is 10.6. The molecule has 6 heteroatoms. The first kappa shape index (κ1) is 18.4. The molecule has 0 aliphatic rings. The number of aromatic nitrogens is 3. The molecule has 3 aromatic carbocycles. The number of rotatable bonds is 5. The number of carbonyl (C=O) groups excluding carboxylic acids is 1. The molecular weight excluding hydrogens is 392 g/mol. The van der Waals surface area contributed by atoms with Crippen molar-refractivity contribution in [3.05, 3.63) is 96.2 Å². The van der Waals surface area contributed by atoms with Crippen LogP contribution in [0.3, 0.4) is 0 Å². The standard InChI is InChI=1S/C24H18N4OS/c29-23(26-18-11-12-20-16(14-18)7-5-13-25-20)19-8-2-1-6-17(19)15-30-24-27-21-9-3-4-10-22(21)28-24/h1-14H,15H2,(H,26,29)(H,27,28). The Morgan fingerprint density at radius 3 is 2.73 bits per heavy atom. The van der Waals surface area contributed by atoms with Gasteiger partial charge in [0.25, 0.3) is 5.91 Å². The molecule has 0 saturated heterocycles. The number of thioether (sulfide) groups is 1. The number of benzene rings is 3. The van der Waals surface area contributed by atoms with E-state index in [2.05, 4.69) is 20.3 Å². The van der Waals surface area contributed by atoms with E-state index in [4.69, 9.17) is 0 Å². The number of fused-ring (bicyclic) bond motifs is 2. The Kier molecular flexibility index (Phi) is 4.91. The summed E-state index contributed by atoms with van der Waals surface area (Å²) < 4.78 is 0. The maximum absolute atomic E-state index is 13.0. The van der Waals surface area contributed by atoms with Gasteiger partial charge in [0.1, 0.15) is 0 Å². The summed E-state index contributed by atoms with van der Waals surface area (Å²) in [5.41, 5.74) is 5.22. The van der Waals surface area contributed by atoms with Gasteiger partial charge in [0, 0.05) is 28.6 Å². The highest BCUT2D eigenvalue weighted by molar-refractivity contribution is 7.98. The summed E-state index contributed by atoms with van der Waals surface area (Å²) in [7, 11) is 0. The summed E-state index contributed by atoms with van der Waals surface area (Å²) in [6, 6.07) is 25.2. The first-order chi connectivity index (χ1) is 14.8. The van der Waals surface area contributed by atoms with Crippen LogP contribution in [-0.2, 0) is 5.75 Å². The largest absolute Gasteiger partial charge is 0.333 e. The van der Waals surface area contributed by atoms with E-state index in [-0.39, 0.29) is 5.91 Å². The van der Waals surface area contributed by atoms with E-state index in [0.717, 1.165) is 38.3 Å². The second-order valence-corrected chi connectivity index (χ2v) is 7.83. The molecule has 5 nitrogen and oxygen atoms in total. The van der Waals surface area contributed by atoms with Crippen molar-refractivity contribution in [2.75, 3.05) is 5.32 Å². The predicted molar refractivity (Wildman–Crippen MR) is 122 cm³/mol. The van der Waals surface area contributed by atoms with Gasteiger partial charge in [0.05, 0.1) is 16.6 Å². The smallest absolute Gasteiger partial charge is 0.255 e. The van der Waals surface area contributed by atoms with Gasteiger partial charge >= 0.3 is 0 Å². The number of para-hydroxylation sites is 2. The maximum Gasteiger partial charge on any atom is 0.255 e. The number of amides is 1. The van der Waals surface area contributed by atoms with Gasteiger partial charge in [0.15, 0.2) is 5.16 Å². The van der Waals surface area contributed by atoms with Crippen molar-refractivity contribution in [1.82, 2.24) is 15.0 Å². The number of hydrogen-bond donors (Lipinski definition) is 2. The fourth-order valence-electron chi connectivity index (χ4n) is 3.36. The third-order valence-corrected chi connectivity index (χ3v) is 5.78. The Morgan fingerprint density at radius 2 is 1.80 bits per heavy atom. The van der Waals surface area contributed by atoms with Crippen molar-refractivity contribution in [2.24, 2.45) is 0 Å². The number of carbonyl (C=O) groups is 1. The maximum atomic E-state index is 13.0. The summed E-state index contributed by atoms with van der Waals surface area (Å²) >= 11 is 1.58.